The Bertz CT molecular complexity index is 796. The predicted octanol–water partition coefficient (Wildman–Crippen LogP) is 6.52. The maximum absolute atomic E-state index is 13.4. The van der Waals surface area contributed by atoms with Crippen molar-refractivity contribution in [1.29, 1.82) is 0 Å². The lowest BCUT2D eigenvalue weighted by atomic mass is 10.2. The molecule has 0 aliphatic rings. The lowest BCUT2D eigenvalue weighted by molar-refractivity contribution is -0.139. The van der Waals surface area contributed by atoms with Crippen LogP contribution in [0.4, 0.5) is 13.2 Å². The number of ether oxygens (including phenoxy) is 4. The summed E-state index contributed by atoms with van der Waals surface area (Å²) in [5.41, 5.74) is -0.936. The Morgan fingerprint density at radius 2 is 1.52 bits per heavy atom. The van der Waals surface area contributed by atoms with Crippen molar-refractivity contribution in [3.8, 4) is 28.7 Å². The van der Waals surface area contributed by atoms with E-state index in [9.17, 15) is 13.2 Å². The normalized spacial score (nSPS) is 10.9. The van der Waals surface area contributed by atoms with E-state index in [0.29, 0.717) is 14.9 Å². The van der Waals surface area contributed by atoms with Gasteiger partial charge < -0.3 is 18.9 Å². The molecule has 0 bridgehead atoms. The van der Waals surface area contributed by atoms with Crippen molar-refractivity contribution in [3.63, 3.8) is 0 Å². The molecular weight excluding hydrogens is 497 g/mol. The molecule has 0 aliphatic heterocycles. The fourth-order valence-corrected chi connectivity index (χ4v) is 2.36. The van der Waals surface area contributed by atoms with Gasteiger partial charge in [0.05, 0.1) is 17.6 Å². The van der Waals surface area contributed by atoms with E-state index < -0.39 is 11.7 Å². The first-order chi connectivity index (χ1) is 12.7. The third-order valence-corrected chi connectivity index (χ3v) is 3.94. The van der Waals surface area contributed by atoms with E-state index in [2.05, 4.69) is 31.9 Å². The van der Waals surface area contributed by atoms with Gasteiger partial charge in [0.1, 0.15) is 40.9 Å². The van der Waals surface area contributed by atoms with Crippen LogP contribution in [0.15, 0.2) is 45.9 Å². The smallest absolute Gasteiger partial charge is 0.420 e. The molecule has 0 fully saturated rings. The third kappa shape index (κ3) is 6.35. The Kier molecular flexibility index (Phi) is 7.43. The van der Waals surface area contributed by atoms with Crippen LogP contribution in [0.25, 0.3) is 0 Å². The van der Waals surface area contributed by atoms with Crippen LogP contribution >= 0.6 is 31.9 Å². The summed E-state index contributed by atoms with van der Waals surface area (Å²) in [5, 5.41) is 0. The van der Waals surface area contributed by atoms with Gasteiger partial charge >= 0.3 is 6.18 Å². The Morgan fingerprint density at radius 3 is 2.04 bits per heavy atom. The molecule has 27 heavy (non-hydrogen) atoms. The van der Waals surface area contributed by atoms with E-state index in [1.807, 2.05) is 0 Å². The number of hydrogen-bond acceptors (Lipinski definition) is 4. The summed E-state index contributed by atoms with van der Waals surface area (Å²) in [6, 6.07) is 8.20. The molecule has 146 valence electrons. The lowest BCUT2D eigenvalue weighted by Gasteiger charge is -2.15. The monoisotopic (exact) mass is 510 g/mol. The van der Waals surface area contributed by atoms with Crippen molar-refractivity contribution in [2.75, 3.05) is 20.8 Å². The second kappa shape index (κ2) is 9.36. The van der Waals surface area contributed by atoms with Gasteiger partial charge in [0.25, 0.3) is 0 Å². The minimum absolute atomic E-state index is 0.00203. The molecule has 2 rings (SSSR count). The molecule has 0 unspecified atom stereocenters. The standard InChI is InChI=1S/C18H15Br2F3O4/c1-24-12-7-13(25-2)9-14(8-12)27-11-3-4-16(26-6-5-17(19)20)15(10-11)18(21,22)23/h3-5,7-10H,6H2,1-2H3. The summed E-state index contributed by atoms with van der Waals surface area (Å²) in [7, 11) is 2.93. The number of benzene rings is 2. The van der Waals surface area contributed by atoms with Crippen molar-refractivity contribution < 1.29 is 32.1 Å². The molecule has 0 N–H and O–H groups in total. The maximum atomic E-state index is 13.4. The Morgan fingerprint density at radius 1 is 0.926 bits per heavy atom. The largest absolute Gasteiger partial charge is 0.496 e. The fraction of sp³-hybridized carbons (Fsp3) is 0.222. The molecule has 0 amide bonds. The highest BCUT2D eigenvalue weighted by atomic mass is 79.9. The molecule has 0 aliphatic carbocycles. The van der Waals surface area contributed by atoms with Crippen LogP contribution in [0.3, 0.4) is 0 Å². The summed E-state index contributed by atoms with van der Waals surface area (Å²) >= 11 is 6.23. The van der Waals surface area contributed by atoms with Crippen LogP contribution < -0.4 is 18.9 Å². The van der Waals surface area contributed by atoms with Crippen molar-refractivity contribution in [2.24, 2.45) is 0 Å². The molecule has 0 heterocycles. The summed E-state index contributed by atoms with van der Waals surface area (Å²) in [6.45, 7) is -0.0395. The van der Waals surface area contributed by atoms with E-state index in [0.717, 1.165) is 6.07 Å². The minimum Gasteiger partial charge on any atom is -0.496 e. The molecule has 2 aromatic rings. The van der Waals surface area contributed by atoms with Crippen molar-refractivity contribution in [3.05, 3.63) is 51.4 Å². The molecule has 0 saturated carbocycles. The van der Waals surface area contributed by atoms with E-state index >= 15 is 0 Å². The van der Waals surface area contributed by atoms with Gasteiger partial charge in [-0.1, -0.05) is 0 Å². The molecule has 0 spiro atoms. The highest BCUT2D eigenvalue weighted by Crippen LogP contribution is 2.40. The quantitative estimate of drug-likeness (QED) is 0.423. The van der Waals surface area contributed by atoms with Gasteiger partial charge in [-0.3, -0.25) is 0 Å². The first-order valence-electron chi connectivity index (χ1n) is 7.49. The van der Waals surface area contributed by atoms with Gasteiger partial charge in [-0.2, -0.15) is 13.2 Å². The Hall–Kier alpha value is -1.87. The number of alkyl halides is 3. The third-order valence-electron chi connectivity index (χ3n) is 3.29. The van der Waals surface area contributed by atoms with Crippen molar-refractivity contribution in [1.82, 2.24) is 0 Å². The average Bonchev–Trinajstić information content (AvgIpc) is 2.61. The van der Waals surface area contributed by atoms with E-state index in [1.54, 1.807) is 18.2 Å². The van der Waals surface area contributed by atoms with Crippen LogP contribution in [0.2, 0.25) is 0 Å². The molecule has 2 aromatic carbocycles. The van der Waals surface area contributed by atoms with E-state index in [-0.39, 0.29) is 23.9 Å². The highest BCUT2D eigenvalue weighted by Gasteiger charge is 2.35. The van der Waals surface area contributed by atoms with Gasteiger partial charge in [0.2, 0.25) is 0 Å². The number of hydrogen-bond donors (Lipinski definition) is 0. The summed E-state index contributed by atoms with van der Waals surface area (Å²) in [5.74, 6) is 0.886. The highest BCUT2D eigenvalue weighted by molar-refractivity contribution is 9.28. The summed E-state index contributed by atoms with van der Waals surface area (Å²) < 4.78 is 61.7. The molecule has 4 nitrogen and oxygen atoms in total. The van der Waals surface area contributed by atoms with Crippen LogP contribution in [0.5, 0.6) is 28.7 Å². The van der Waals surface area contributed by atoms with Gasteiger partial charge in [-0.25, -0.2) is 0 Å². The average molecular weight is 512 g/mol. The first-order valence-corrected chi connectivity index (χ1v) is 9.07. The summed E-state index contributed by atoms with van der Waals surface area (Å²) in [4.78, 5) is 0. The molecule has 0 atom stereocenters. The molecule has 9 heteroatoms. The van der Waals surface area contributed by atoms with Crippen LogP contribution in [0, 0.1) is 0 Å². The molecule has 0 saturated heterocycles. The molecular formula is C18H15Br2F3O4. The summed E-state index contributed by atoms with van der Waals surface area (Å²) in [6.07, 6.45) is -3.07. The number of methoxy groups -OCH3 is 2. The zero-order valence-corrected chi connectivity index (χ0v) is 17.4. The second-order valence-electron chi connectivity index (χ2n) is 5.11. The maximum Gasteiger partial charge on any atom is 0.420 e. The van der Waals surface area contributed by atoms with Crippen molar-refractivity contribution in [2.45, 2.75) is 6.18 Å². The number of rotatable bonds is 7. The zero-order chi connectivity index (χ0) is 20.0. The van der Waals surface area contributed by atoms with Crippen LogP contribution in [-0.2, 0) is 6.18 Å². The fourth-order valence-electron chi connectivity index (χ4n) is 2.09. The Labute approximate surface area is 171 Å². The predicted molar refractivity (Wildman–Crippen MR) is 102 cm³/mol. The molecule has 0 radical (unpaired) electrons. The van der Waals surface area contributed by atoms with Crippen LogP contribution in [-0.4, -0.2) is 20.8 Å². The van der Waals surface area contributed by atoms with Gasteiger partial charge in [0.15, 0.2) is 0 Å². The van der Waals surface area contributed by atoms with Gasteiger partial charge in [-0.15, -0.1) is 0 Å². The topological polar surface area (TPSA) is 36.9 Å². The SMILES string of the molecule is COc1cc(OC)cc(Oc2ccc(OCC=C(Br)Br)c(C(F)(F)F)c2)c1. The minimum atomic E-state index is -4.60. The Balaban J connectivity index is 2.32. The number of halogens is 5. The second-order valence-corrected chi connectivity index (χ2v) is 7.88. The van der Waals surface area contributed by atoms with Gasteiger partial charge in [-0.05, 0) is 56.1 Å². The molecule has 0 aromatic heterocycles. The first kappa shape index (κ1) is 21.4. The van der Waals surface area contributed by atoms with Crippen LogP contribution in [0.1, 0.15) is 5.56 Å². The zero-order valence-electron chi connectivity index (χ0n) is 14.3. The van der Waals surface area contributed by atoms with E-state index in [4.69, 9.17) is 18.9 Å². The van der Waals surface area contributed by atoms with E-state index in [1.165, 1.54) is 32.4 Å². The lowest BCUT2D eigenvalue weighted by Crippen LogP contribution is -2.09. The van der Waals surface area contributed by atoms with Gasteiger partial charge in [0, 0.05) is 18.2 Å². The van der Waals surface area contributed by atoms with Crippen molar-refractivity contribution >= 4 is 31.9 Å².